The Morgan fingerprint density at radius 2 is 1.95 bits per heavy atom. The molecule has 0 aromatic heterocycles. The van der Waals surface area contributed by atoms with Gasteiger partial charge in [0.15, 0.2) is 8.32 Å². The molecule has 4 heteroatoms. The highest BCUT2D eigenvalue weighted by molar-refractivity contribution is 6.74. The molecule has 1 fully saturated rings. The summed E-state index contributed by atoms with van der Waals surface area (Å²) in [5.74, 6) is 0.505. The van der Waals surface area contributed by atoms with Gasteiger partial charge in [0.25, 0.3) is 0 Å². The zero-order valence-electron chi connectivity index (χ0n) is 14.0. The van der Waals surface area contributed by atoms with Gasteiger partial charge in [-0.15, -0.1) is 0 Å². The molecule has 0 aliphatic carbocycles. The number of carbonyl (C=O) groups is 1. The van der Waals surface area contributed by atoms with Crippen molar-refractivity contribution >= 4 is 14.6 Å². The van der Waals surface area contributed by atoms with Crippen molar-refractivity contribution in [3.05, 3.63) is 11.6 Å². The maximum Gasteiger partial charge on any atom is 0.192 e. The number of aldehydes is 1. The molecule has 0 aromatic carbocycles. The summed E-state index contributed by atoms with van der Waals surface area (Å²) in [5, 5.41) is 0.181. The van der Waals surface area contributed by atoms with Crippen molar-refractivity contribution in [2.75, 3.05) is 6.61 Å². The van der Waals surface area contributed by atoms with Crippen LogP contribution in [0, 0.1) is 5.92 Å². The highest BCUT2D eigenvalue weighted by atomic mass is 28.4. The minimum atomic E-state index is -1.83. The number of ether oxygens (including phenoxy) is 1. The van der Waals surface area contributed by atoms with Crippen molar-refractivity contribution in [3.8, 4) is 0 Å². The van der Waals surface area contributed by atoms with Crippen LogP contribution in [0.3, 0.4) is 0 Å². The summed E-state index contributed by atoms with van der Waals surface area (Å²) < 4.78 is 12.5. The molecule has 0 aromatic rings. The van der Waals surface area contributed by atoms with E-state index in [1.807, 2.05) is 6.92 Å². The Labute approximate surface area is 124 Å². The van der Waals surface area contributed by atoms with E-state index in [4.69, 9.17) is 9.16 Å². The largest absolute Gasteiger partial charge is 0.411 e. The van der Waals surface area contributed by atoms with Gasteiger partial charge in [-0.2, -0.15) is 0 Å². The first-order valence-electron chi connectivity index (χ1n) is 7.50. The van der Waals surface area contributed by atoms with Crippen LogP contribution in [-0.4, -0.2) is 33.4 Å². The summed E-state index contributed by atoms with van der Waals surface area (Å²) in [6, 6.07) is 0. The molecule has 0 bridgehead atoms. The van der Waals surface area contributed by atoms with Gasteiger partial charge < -0.3 is 9.16 Å². The van der Waals surface area contributed by atoms with Crippen molar-refractivity contribution in [2.45, 2.75) is 71.4 Å². The van der Waals surface area contributed by atoms with E-state index in [2.05, 4.69) is 40.8 Å². The topological polar surface area (TPSA) is 35.5 Å². The predicted molar refractivity (Wildman–Crippen MR) is 85.4 cm³/mol. The number of hydrogen-bond donors (Lipinski definition) is 0. The fraction of sp³-hybridized carbons (Fsp3) is 0.812. The number of hydrogen-bond acceptors (Lipinski definition) is 3. The van der Waals surface area contributed by atoms with Gasteiger partial charge in [-0.25, -0.2) is 0 Å². The Morgan fingerprint density at radius 3 is 2.45 bits per heavy atom. The molecule has 0 saturated carbocycles. The predicted octanol–water partition coefficient (Wildman–Crippen LogP) is 3.95. The second-order valence-electron chi connectivity index (χ2n) is 7.56. The molecule has 3 atom stereocenters. The standard InChI is InChI=1S/C16H30O3Si/c1-12-10-14(19-20(6,7)16(3,4)5)15(18-11-12)13(2)8-9-17/h8-9,12,14-15H,10-11H2,1-7H3/t12-,14-,15+/m1/s1. The molecule has 1 saturated heterocycles. The Balaban J connectivity index is 2.91. The molecule has 3 nitrogen and oxygen atoms in total. The molecule has 1 rings (SSSR count). The van der Waals surface area contributed by atoms with E-state index in [1.54, 1.807) is 6.08 Å². The fourth-order valence-corrected chi connectivity index (χ4v) is 3.59. The van der Waals surface area contributed by atoms with Crippen LogP contribution in [0.1, 0.15) is 41.0 Å². The lowest BCUT2D eigenvalue weighted by Crippen LogP contribution is -2.50. The highest BCUT2D eigenvalue weighted by Gasteiger charge is 2.42. The molecule has 1 aliphatic rings. The van der Waals surface area contributed by atoms with Crippen molar-refractivity contribution < 1.29 is 14.0 Å². The number of carbonyl (C=O) groups excluding carboxylic acids is 1. The summed E-state index contributed by atoms with van der Waals surface area (Å²) in [7, 11) is -1.83. The lowest BCUT2D eigenvalue weighted by atomic mass is 9.93. The van der Waals surface area contributed by atoms with E-state index in [0.29, 0.717) is 5.92 Å². The molecule has 116 valence electrons. The van der Waals surface area contributed by atoms with Gasteiger partial charge in [0.2, 0.25) is 0 Å². The van der Waals surface area contributed by atoms with E-state index < -0.39 is 8.32 Å². The zero-order chi connectivity index (χ0) is 15.6. The van der Waals surface area contributed by atoms with Gasteiger partial charge in [0.05, 0.1) is 12.7 Å². The maximum absolute atomic E-state index is 10.7. The molecule has 20 heavy (non-hydrogen) atoms. The average molecular weight is 298 g/mol. The first kappa shape index (κ1) is 17.6. The zero-order valence-corrected chi connectivity index (χ0v) is 15.0. The molecule has 0 amide bonds. The SMILES string of the molecule is CC(=CC=O)[C@@H]1OC[C@H](C)C[C@H]1O[Si](C)(C)C(C)(C)C. The van der Waals surface area contributed by atoms with Crippen LogP contribution >= 0.6 is 0 Å². The Bertz CT molecular complexity index is 368. The summed E-state index contributed by atoms with van der Waals surface area (Å²) in [6.45, 7) is 16.2. The van der Waals surface area contributed by atoms with Gasteiger partial charge in [-0.3, -0.25) is 4.79 Å². The third kappa shape index (κ3) is 4.27. The highest BCUT2D eigenvalue weighted by Crippen LogP contribution is 2.39. The lowest BCUT2D eigenvalue weighted by Gasteiger charge is -2.44. The summed E-state index contributed by atoms with van der Waals surface area (Å²) in [4.78, 5) is 10.7. The molecule has 0 spiro atoms. The molecule has 1 aliphatic heterocycles. The normalized spacial score (nSPS) is 29.4. The first-order chi connectivity index (χ1) is 9.08. The van der Waals surface area contributed by atoms with E-state index in [-0.39, 0.29) is 17.2 Å². The fourth-order valence-electron chi connectivity index (χ4n) is 2.26. The van der Waals surface area contributed by atoms with Crippen molar-refractivity contribution in [3.63, 3.8) is 0 Å². The summed E-state index contributed by atoms with van der Waals surface area (Å²) >= 11 is 0. The lowest BCUT2D eigenvalue weighted by molar-refractivity contribution is -0.104. The number of rotatable bonds is 4. The van der Waals surface area contributed by atoms with Gasteiger partial charge in [-0.05, 0) is 49.0 Å². The quantitative estimate of drug-likeness (QED) is 0.448. The van der Waals surface area contributed by atoms with Gasteiger partial charge in [0.1, 0.15) is 12.4 Å². The molecule has 0 N–H and O–H groups in total. The van der Waals surface area contributed by atoms with E-state index >= 15 is 0 Å². The number of allylic oxidation sites excluding steroid dienone is 1. The monoisotopic (exact) mass is 298 g/mol. The van der Waals surface area contributed by atoms with E-state index in [0.717, 1.165) is 24.9 Å². The van der Waals surface area contributed by atoms with Crippen LogP contribution in [0.2, 0.25) is 18.1 Å². The third-order valence-corrected chi connectivity index (χ3v) is 9.07. The van der Waals surface area contributed by atoms with Crippen molar-refractivity contribution in [1.82, 2.24) is 0 Å². The van der Waals surface area contributed by atoms with Gasteiger partial charge >= 0.3 is 0 Å². The summed E-state index contributed by atoms with van der Waals surface area (Å²) in [5.41, 5.74) is 0.968. The smallest absolute Gasteiger partial charge is 0.192 e. The summed E-state index contributed by atoms with van der Waals surface area (Å²) in [6.07, 6.45) is 3.42. The van der Waals surface area contributed by atoms with Crippen molar-refractivity contribution in [2.24, 2.45) is 5.92 Å². The van der Waals surface area contributed by atoms with Crippen molar-refractivity contribution in [1.29, 1.82) is 0 Å². The molecular weight excluding hydrogens is 268 g/mol. The van der Waals surface area contributed by atoms with Crippen LogP contribution in [-0.2, 0) is 14.0 Å². The molecule has 0 radical (unpaired) electrons. The minimum Gasteiger partial charge on any atom is -0.411 e. The Morgan fingerprint density at radius 1 is 1.35 bits per heavy atom. The van der Waals surface area contributed by atoms with Gasteiger partial charge in [-0.1, -0.05) is 27.7 Å². The van der Waals surface area contributed by atoms with Crippen LogP contribution in [0.4, 0.5) is 0 Å². The van der Waals surface area contributed by atoms with E-state index in [1.165, 1.54) is 0 Å². The van der Waals surface area contributed by atoms with Crippen LogP contribution in [0.15, 0.2) is 11.6 Å². The van der Waals surface area contributed by atoms with Gasteiger partial charge in [0, 0.05) is 0 Å². The second kappa shape index (κ2) is 6.54. The molecular formula is C16H30O3Si. The minimum absolute atomic E-state index is 0.0656. The average Bonchev–Trinajstić information content (AvgIpc) is 2.27. The third-order valence-electron chi connectivity index (χ3n) is 4.56. The second-order valence-corrected chi connectivity index (χ2v) is 12.3. The maximum atomic E-state index is 10.7. The van der Waals surface area contributed by atoms with Crippen LogP contribution in [0.5, 0.6) is 0 Å². The first-order valence-corrected chi connectivity index (χ1v) is 10.4. The van der Waals surface area contributed by atoms with Crippen LogP contribution in [0.25, 0.3) is 0 Å². The Hall–Kier alpha value is -0.453. The molecule has 1 heterocycles. The van der Waals surface area contributed by atoms with Crippen LogP contribution < -0.4 is 0 Å². The Kier molecular flexibility index (Phi) is 5.76. The molecule has 0 unspecified atom stereocenters. The van der Waals surface area contributed by atoms with E-state index in [9.17, 15) is 4.79 Å².